The van der Waals surface area contributed by atoms with E-state index in [2.05, 4.69) is 15.6 Å². The first-order valence-electron chi connectivity index (χ1n) is 12.3. The smallest absolute Gasteiger partial charge is 0.335 e. The number of hydrogen-bond donors (Lipinski definition) is 4. The molecule has 4 N–H and O–H groups in total. The molecule has 5 rings (SSSR count). The predicted molar refractivity (Wildman–Crippen MR) is 150 cm³/mol. The van der Waals surface area contributed by atoms with Crippen molar-refractivity contribution in [1.29, 1.82) is 0 Å². The van der Waals surface area contributed by atoms with Crippen LogP contribution in [0.5, 0.6) is 0 Å². The van der Waals surface area contributed by atoms with Crippen molar-refractivity contribution in [2.24, 2.45) is 0 Å². The number of anilines is 1. The van der Waals surface area contributed by atoms with Gasteiger partial charge in [-0.15, -0.1) is 0 Å². The second kappa shape index (κ2) is 11.4. The second-order valence-electron chi connectivity index (χ2n) is 9.10. The van der Waals surface area contributed by atoms with Gasteiger partial charge in [0.15, 0.2) is 5.11 Å². The van der Waals surface area contributed by atoms with E-state index in [1.807, 2.05) is 35.2 Å². The highest BCUT2D eigenvalue weighted by atomic mass is 32.1. The Morgan fingerprint density at radius 1 is 0.950 bits per heavy atom. The quantitative estimate of drug-likeness (QED) is 0.213. The van der Waals surface area contributed by atoms with Gasteiger partial charge in [-0.25, -0.2) is 9.59 Å². The Hall–Kier alpha value is -5.03. The molecule has 1 saturated heterocycles. The molecule has 2 atom stereocenters. The monoisotopic (exact) mass is 556 g/mol. The third-order valence-corrected chi connectivity index (χ3v) is 6.82. The Kier molecular flexibility index (Phi) is 7.56. The molecule has 11 heteroatoms. The van der Waals surface area contributed by atoms with Gasteiger partial charge in [0.25, 0.3) is 0 Å². The first kappa shape index (κ1) is 26.6. The molecule has 4 aromatic rings. The van der Waals surface area contributed by atoms with Crippen LogP contribution in [0.1, 0.15) is 50.7 Å². The van der Waals surface area contributed by atoms with Crippen LogP contribution in [-0.4, -0.2) is 49.6 Å². The van der Waals surface area contributed by atoms with Gasteiger partial charge in [0.1, 0.15) is 17.6 Å². The van der Waals surface area contributed by atoms with Crippen molar-refractivity contribution in [3.63, 3.8) is 0 Å². The molecule has 10 nitrogen and oxygen atoms in total. The molecular formula is C29H24N4O6S. The van der Waals surface area contributed by atoms with Gasteiger partial charge in [0.05, 0.1) is 22.9 Å². The lowest BCUT2D eigenvalue weighted by molar-refractivity contribution is -0.116. The normalized spacial score (nSPS) is 16.4. The summed E-state index contributed by atoms with van der Waals surface area (Å²) in [4.78, 5) is 42.2. The van der Waals surface area contributed by atoms with Crippen LogP contribution >= 0.6 is 12.2 Å². The number of carbonyl (C=O) groups is 3. The highest BCUT2D eigenvalue weighted by Crippen LogP contribution is 2.40. The van der Waals surface area contributed by atoms with E-state index in [4.69, 9.17) is 16.6 Å². The molecule has 1 amide bonds. The van der Waals surface area contributed by atoms with Gasteiger partial charge < -0.3 is 30.2 Å². The molecule has 40 heavy (non-hydrogen) atoms. The van der Waals surface area contributed by atoms with Crippen LogP contribution in [0.2, 0.25) is 0 Å². The number of nitrogens with one attached hydrogen (secondary N) is 2. The summed E-state index contributed by atoms with van der Waals surface area (Å²) in [5.74, 6) is -1.91. The number of hydrogen-bond acceptors (Lipinski definition) is 6. The molecule has 2 aromatic heterocycles. The summed E-state index contributed by atoms with van der Waals surface area (Å²) < 4.78 is 6.20. The Morgan fingerprint density at radius 2 is 1.65 bits per heavy atom. The Labute approximate surface area is 234 Å². The van der Waals surface area contributed by atoms with E-state index in [0.717, 1.165) is 6.07 Å². The minimum atomic E-state index is -1.25. The summed E-state index contributed by atoms with van der Waals surface area (Å²) in [6.45, 7) is 0.284. The minimum Gasteiger partial charge on any atom is -0.478 e. The summed E-state index contributed by atoms with van der Waals surface area (Å²) in [6.07, 6.45) is 1.82. The number of carbonyl (C=O) groups excluding carboxylic acids is 1. The van der Waals surface area contributed by atoms with Crippen molar-refractivity contribution < 1.29 is 29.0 Å². The van der Waals surface area contributed by atoms with E-state index < -0.39 is 24.0 Å². The molecule has 0 unspecified atom stereocenters. The number of pyridine rings is 1. The average Bonchev–Trinajstić information content (AvgIpc) is 3.57. The molecule has 2 aromatic carbocycles. The highest BCUT2D eigenvalue weighted by molar-refractivity contribution is 7.80. The zero-order chi connectivity index (χ0) is 28.2. The number of thiocarbonyl (C=S) groups is 1. The molecular weight excluding hydrogens is 532 g/mol. The summed E-state index contributed by atoms with van der Waals surface area (Å²) in [7, 11) is 0. The van der Waals surface area contributed by atoms with Gasteiger partial charge >= 0.3 is 11.9 Å². The number of rotatable bonds is 9. The van der Waals surface area contributed by atoms with Crippen molar-refractivity contribution in [1.82, 2.24) is 15.2 Å². The molecule has 1 aliphatic heterocycles. The molecule has 1 aliphatic rings. The van der Waals surface area contributed by atoms with E-state index in [-0.39, 0.29) is 30.0 Å². The first-order valence-corrected chi connectivity index (χ1v) is 12.8. The fourth-order valence-corrected chi connectivity index (χ4v) is 4.94. The fourth-order valence-electron chi connectivity index (χ4n) is 4.61. The van der Waals surface area contributed by atoms with E-state index in [1.54, 1.807) is 36.5 Å². The summed E-state index contributed by atoms with van der Waals surface area (Å²) in [5.41, 5.74) is 1.37. The van der Waals surface area contributed by atoms with Gasteiger partial charge in [0, 0.05) is 30.4 Å². The number of aromatic carboxylic acids is 2. The lowest BCUT2D eigenvalue weighted by atomic mass is 10.0. The second-order valence-corrected chi connectivity index (χ2v) is 9.48. The van der Waals surface area contributed by atoms with Crippen LogP contribution in [-0.2, 0) is 4.79 Å². The number of aromatic nitrogens is 1. The van der Waals surface area contributed by atoms with Gasteiger partial charge in [-0.3, -0.25) is 9.78 Å². The number of para-hydroxylation sites is 1. The Bertz CT molecular complexity index is 1540. The summed E-state index contributed by atoms with van der Waals surface area (Å²) in [6, 6.07) is 21.0. The number of nitrogens with zero attached hydrogens (tertiary/aromatic N) is 2. The lowest BCUT2D eigenvalue weighted by Crippen LogP contribution is -2.32. The Morgan fingerprint density at radius 3 is 2.30 bits per heavy atom. The van der Waals surface area contributed by atoms with E-state index in [9.17, 15) is 24.6 Å². The van der Waals surface area contributed by atoms with Crippen LogP contribution in [0.25, 0.3) is 11.3 Å². The first-order chi connectivity index (χ1) is 19.3. The third-order valence-electron chi connectivity index (χ3n) is 6.46. The molecule has 1 fully saturated rings. The molecule has 0 radical (unpaired) electrons. The molecule has 0 aliphatic carbocycles. The van der Waals surface area contributed by atoms with E-state index in [1.165, 1.54) is 12.1 Å². The van der Waals surface area contributed by atoms with E-state index >= 15 is 0 Å². The molecule has 0 spiro atoms. The molecule has 202 valence electrons. The zero-order valence-electron chi connectivity index (χ0n) is 21.0. The number of benzene rings is 2. The average molecular weight is 557 g/mol. The van der Waals surface area contributed by atoms with Crippen LogP contribution < -0.4 is 10.6 Å². The van der Waals surface area contributed by atoms with Crippen molar-refractivity contribution in [3.05, 3.63) is 108 Å². The standard InChI is InChI=1S/C29H24N4O6S/c34-24(31-20-6-2-1-3-7-20)11-13-33-26(25(32-29(33)40)21-8-4-5-12-30-21)23-10-9-22(39-23)17-14-18(27(35)36)16-19(15-17)28(37)38/h1-10,12,14-16,25-26H,11,13H2,(H,31,34)(H,32,40)(H,35,36)(H,37,38)/t25-,26+/m1/s1. The minimum absolute atomic E-state index is 0.151. The van der Waals surface area contributed by atoms with E-state index in [0.29, 0.717) is 33.6 Å². The summed E-state index contributed by atoms with van der Waals surface area (Å²) >= 11 is 5.65. The zero-order valence-corrected chi connectivity index (χ0v) is 21.8. The predicted octanol–water partition coefficient (Wildman–Crippen LogP) is 4.74. The number of amides is 1. The maximum absolute atomic E-state index is 12.7. The largest absolute Gasteiger partial charge is 0.478 e. The van der Waals surface area contributed by atoms with Crippen molar-refractivity contribution in [2.45, 2.75) is 18.5 Å². The molecule has 0 bridgehead atoms. The van der Waals surface area contributed by atoms with Gasteiger partial charge in [-0.05, 0) is 66.8 Å². The lowest BCUT2D eigenvalue weighted by Gasteiger charge is -2.25. The summed E-state index contributed by atoms with van der Waals surface area (Å²) in [5, 5.41) is 25.5. The van der Waals surface area contributed by atoms with Crippen molar-refractivity contribution in [2.75, 3.05) is 11.9 Å². The topological polar surface area (TPSA) is 145 Å². The molecule has 3 heterocycles. The number of carboxylic acid groups (broad SMARTS) is 2. The Balaban J connectivity index is 1.45. The highest BCUT2D eigenvalue weighted by Gasteiger charge is 2.41. The SMILES string of the molecule is O=C(CCN1C(=S)N[C@H](c2ccccn2)[C@@H]1c1ccc(-c2cc(C(=O)O)cc(C(=O)O)c2)o1)Nc1ccccc1. The molecule has 0 saturated carbocycles. The number of carboxylic acids is 2. The van der Waals surface area contributed by atoms with Crippen LogP contribution in [0, 0.1) is 0 Å². The maximum atomic E-state index is 12.7. The third kappa shape index (κ3) is 5.69. The fraction of sp³-hybridized carbons (Fsp3) is 0.138. The number of furan rings is 1. The van der Waals surface area contributed by atoms with Gasteiger partial charge in [0.2, 0.25) is 5.91 Å². The van der Waals surface area contributed by atoms with Crippen LogP contribution in [0.4, 0.5) is 5.69 Å². The van der Waals surface area contributed by atoms with Crippen LogP contribution in [0.3, 0.4) is 0 Å². The maximum Gasteiger partial charge on any atom is 0.335 e. The van der Waals surface area contributed by atoms with Crippen LogP contribution in [0.15, 0.2) is 89.5 Å². The van der Waals surface area contributed by atoms with Crippen molar-refractivity contribution >= 4 is 40.9 Å². The van der Waals surface area contributed by atoms with Gasteiger partial charge in [-0.1, -0.05) is 24.3 Å². The van der Waals surface area contributed by atoms with Crippen molar-refractivity contribution in [3.8, 4) is 11.3 Å². The van der Waals surface area contributed by atoms with Gasteiger partial charge in [-0.2, -0.15) is 0 Å².